The second-order valence-corrected chi connectivity index (χ2v) is 4.45. The van der Waals surface area contributed by atoms with Crippen LogP contribution in [0.15, 0.2) is 36.5 Å². The van der Waals surface area contributed by atoms with Crippen molar-refractivity contribution in [2.45, 2.75) is 12.6 Å². The second-order valence-electron chi connectivity index (χ2n) is 4.45. The van der Waals surface area contributed by atoms with E-state index in [0.29, 0.717) is 5.69 Å². The van der Waals surface area contributed by atoms with Crippen molar-refractivity contribution in [3.63, 3.8) is 0 Å². The molecule has 2 rings (SSSR count). The lowest BCUT2D eigenvalue weighted by Gasteiger charge is -2.06. The van der Waals surface area contributed by atoms with Crippen molar-refractivity contribution in [1.82, 2.24) is 15.1 Å². The molecule has 0 bridgehead atoms. The first kappa shape index (κ1) is 15.9. The lowest BCUT2D eigenvalue weighted by Crippen LogP contribution is -2.25. The van der Waals surface area contributed by atoms with Gasteiger partial charge in [-0.25, -0.2) is 9.48 Å². The predicted octanol–water partition coefficient (Wildman–Crippen LogP) is 2.79. The molecule has 118 valence electrons. The van der Waals surface area contributed by atoms with E-state index >= 15 is 0 Å². The van der Waals surface area contributed by atoms with E-state index in [1.165, 1.54) is 18.0 Å². The van der Waals surface area contributed by atoms with Gasteiger partial charge >= 0.3 is 12.3 Å². The van der Waals surface area contributed by atoms with E-state index in [2.05, 4.69) is 15.2 Å². The average molecular weight is 313 g/mol. The third-order valence-electron chi connectivity index (χ3n) is 2.93. The van der Waals surface area contributed by atoms with Crippen LogP contribution in [-0.4, -0.2) is 29.5 Å². The third-order valence-corrected chi connectivity index (χ3v) is 2.93. The highest BCUT2D eigenvalue weighted by Gasteiger charge is 2.37. The summed E-state index contributed by atoms with van der Waals surface area (Å²) in [6, 6.07) is 8.50. The highest BCUT2D eigenvalue weighted by Crippen LogP contribution is 2.31. The van der Waals surface area contributed by atoms with Crippen LogP contribution in [0.5, 0.6) is 0 Å². The smallest absolute Gasteiger partial charge is 0.435 e. The molecule has 0 aliphatic heterocycles. The number of hydrogen-bond donors (Lipinski definition) is 1. The summed E-state index contributed by atoms with van der Waals surface area (Å²) in [5.41, 5.74) is -0.420. The maximum Gasteiger partial charge on any atom is 0.435 e. The summed E-state index contributed by atoms with van der Waals surface area (Å²) in [5.74, 6) is 0. The van der Waals surface area contributed by atoms with Crippen LogP contribution in [0, 0.1) is 0 Å². The number of nitrogens with zero attached hydrogens (tertiary/aromatic N) is 2. The normalized spacial score (nSPS) is 11.3. The van der Waals surface area contributed by atoms with E-state index < -0.39 is 18.0 Å². The van der Waals surface area contributed by atoms with E-state index in [0.717, 1.165) is 0 Å². The van der Waals surface area contributed by atoms with Gasteiger partial charge in [-0.15, -0.1) is 0 Å². The van der Waals surface area contributed by atoms with Gasteiger partial charge in [-0.2, -0.15) is 18.3 Å². The highest BCUT2D eigenvalue weighted by molar-refractivity contribution is 5.66. The van der Waals surface area contributed by atoms with E-state index in [1.54, 1.807) is 30.3 Å². The van der Waals surface area contributed by atoms with Gasteiger partial charge < -0.3 is 10.1 Å². The van der Waals surface area contributed by atoms with Gasteiger partial charge in [-0.05, 0) is 18.6 Å². The van der Waals surface area contributed by atoms with Crippen molar-refractivity contribution in [2.75, 3.05) is 13.7 Å². The molecule has 0 unspecified atom stereocenters. The fourth-order valence-electron chi connectivity index (χ4n) is 1.92. The standard InChI is InChI=1S/C14H14F3N3O2/c1-22-13(21)18-8-7-10-9-20(11-5-3-2-4-6-11)19-12(10)14(15,16)17/h2-6,9H,7-8H2,1H3,(H,18,21). The number of alkyl carbamates (subject to hydrolysis) is 1. The molecule has 0 atom stereocenters. The minimum atomic E-state index is -4.55. The maximum atomic E-state index is 13.0. The molecule has 0 saturated carbocycles. The monoisotopic (exact) mass is 313 g/mol. The number of alkyl halides is 3. The summed E-state index contributed by atoms with van der Waals surface area (Å²) in [7, 11) is 1.18. The molecule has 1 aromatic heterocycles. The van der Waals surface area contributed by atoms with Gasteiger partial charge in [0, 0.05) is 18.3 Å². The average Bonchev–Trinajstić information content (AvgIpc) is 2.92. The predicted molar refractivity (Wildman–Crippen MR) is 72.7 cm³/mol. The van der Waals surface area contributed by atoms with Crippen molar-refractivity contribution in [2.24, 2.45) is 0 Å². The Kier molecular flexibility index (Phi) is 4.69. The van der Waals surface area contributed by atoms with Crippen LogP contribution in [0.2, 0.25) is 0 Å². The zero-order valence-corrected chi connectivity index (χ0v) is 11.7. The van der Waals surface area contributed by atoms with Gasteiger partial charge in [0.25, 0.3) is 0 Å². The Bertz CT molecular complexity index is 639. The molecule has 1 N–H and O–H groups in total. The number of amides is 1. The molecule has 0 aliphatic rings. The van der Waals surface area contributed by atoms with Crippen LogP contribution >= 0.6 is 0 Å². The van der Waals surface area contributed by atoms with Crippen molar-refractivity contribution in [3.05, 3.63) is 47.8 Å². The first-order valence-corrected chi connectivity index (χ1v) is 6.45. The molecular formula is C14H14F3N3O2. The van der Waals surface area contributed by atoms with Gasteiger partial charge in [0.05, 0.1) is 12.8 Å². The first-order valence-electron chi connectivity index (χ1n) is 6.45. The Morgan fingerprint density at radius 2 is 2.00 bits per heavy atom. The molecule has 2 aromatic rings. The fourth-order valence-corrected chi connectivity index (χ4v) is 1.92. The van der Waals surface area contributed by atoms with Crippen LogP contribution in [0.4, 0.5) is 18.0 Å². The van der Waals surface area contributed by atoms with Crippen molar-refractivity contribution >= 4 is 6.09 Å². The first-order chi connectivity index (χ1) is 10.4. The minimum Gasteiger partial charge on any atom is -0.453 e. The molecular weight excluding hydrogens is 299 g/mol. The zero-order valence-electron chi connectivity index (χ0n) is 11.7. The van der Waals surface area contributed by atoms with Gasteiger partial charge in [0.1, 0.15) is 0 Å². The minimum absolute atomic E-state index is 0.00320. The number of halogens is 3. The van der Waals surface area contributed by atoms with Crippen molar-refractivity contribution in [3.8, 4) is 5.69 Å². The number of benzene rings is 1. The number of ether oxygens (including phenoxy) is 1. The van der Waals surface area contributed by atoms with Crippen LogP contribution in [0.3, 0.4) is 0 Å². The largest absolute Gasteiger partial charge is 0.453 e. The summed E-state index contributed by atoms with van der Waals surface area (Å²) < 4.78 is 44.7. The van der Waals surface area contributed by atoms with E-state index in [4.69, 9.17) is 0 Å². The topological polar surface area (TPSA) is 56.1 Å². The number of aromatic nitrogens is 2. The molecule has 0 radical (unpaired) electrons. The van der Waals surface area contributed by atoms with Crippen LogP contribution in [0.25, 0.3) is 5.69 Å². The Labute approximate surface area is 124 Å². The molecule has 1 aromatic carbocycles. The summed E-state index contributed by atoms with van der Waals surface area (Å²) in [5, 5.41) is 5.96. The van der Waals surface area contributed by atoms with Crippen LogP contribution < -0.4 is 5.32 Å². The molecule has 1 amide bonds. The van der Waals surface area contributed by atoms with E-state index in [1.807, 2.05) is 0 Å². The molecule has 0 aliphatic carbocycles. The fraction of sp³-hybridized carbons (Fsp3) is 0.286. The van der Waals surface area contributed by atoms with Crippen molar-refractivity contribution in [1.29, 1.82) is 0 Å². The zero-order chi connectivity index (χ0) is 16.2. The lowest BCUT2D eigenvalue weighted by molar-refractivity contribution is -0.141. The number of hydrogen-bond acceptors (Lipinski definition) is 3. The maximum absolute atomic E-state index is 13.0. The number of carbonyl (C=O) groups is 1. The number of para-hydroxylation sites is 1. The Morgan fingerprint density at radius 1 is 1.32 bits per heavy atom. The number of rotatable bonds is 4. The number of methoxy groups -OCH3 is 1. The summed E-state index contributed by atoms with van der Waals surface area (Å²) in [6.07, 6.45) is -3.93. The highest BCUT2D eigenvalue weighted by atomic mass is 19.4. The summed E-state index contributed by atoms with van der Waals surface area (Å²) in [4.78, 5) is 10.9. The molecule has 1 heterocycles. The molecule has 8 heteroatoms. The van der Waals surface area contributed by atoms with Gasteiger partial charge in [-0.3, -0.25) is 0 Å². The third kappa shape index (κ3) is 3.78. The molecule has 0 saturated heterocycles. The van der Waals surface area contributed by atoms with E-state index in [-0.39, 0.29) is 18.5 Å². The second kappa shape index (κ2) is 6.50. The molecule has 0 fully saturated rings. The summed E-state index contributed by atoms with van der Waals surface area (Å²) in [6.45, 7) is 0.0240. The molecule has 0 spiro atoms. The lowest BCUT2D eigenvalue weighted by atomic mass is 10.2. The van der Waals surface area contributed by atoms with Crippen LogP contribution in [0.1, 0.15) is 11.3 Å². The molecule has 5 nitrogen and oxygen atoms in total. The van der Waals surface area contributed by atoms with Gasteiger partial charge in [0.15, 0.2) is 5.69 Å². The Balaban J connectivity index is 2.24. The number of nitrogens with one attached hydrogen (secondary N) is 1. The SMILES string of the molecule is COC(=O)NCCc1cn(-c2ccccc2)nc1C(F)(F)F. The molecule has 22 heavy (non-hydrogen) atoms. The van der Waals surface area contributed by atoms with Crippen LogP contribution in [-0.2, 0) is 17.3 Å². The van der Waals surface area contributed by atoms with Gasteiger partial charge in [-0.1, -0.05) is 18.2 Å². The van der Waals surface area contributed by atoms with Crippen molar-refractivity contribution < 1.29 is 22.7 Å². The quantitative estimate of drug-likeness (QED) is 0.944. The summed E-state index contributed by atoms with van der Waals surface area (Å²) >= 11 is 0. The Morgan fingerprint density at radius 3 is 2.59 bits per heavy atom. The Hall–Kier alpha value is -2.51. The number of carbonyl (C=O) groups excluding carboxylic acids is 1. The van der Waals surface area contributed by atoms with Gasteiger partial charge in [0.2, 0.25) is 0 Å². The van der Waals surface area contributed by atoms with E-state index in [9.17, 15) is 18.0 Å².